The zero-order valence-corrected chi connectivity index (χ0v) is 16.8. The van der Waals surface area contributed by atoms with Crippen LogP contribution in [0.25, 0.3) is 0 Å². The number of nitrogens with zero attached hydrogens (tertiary/aromatic N) is 1. The molecule has 2 aromatic carbocycles. The van der Waals surface area contributed by atoms with Crippen LogP contribution >= 0.6 is 11.6 Å². The summed E-state index contributed by atoms with van der Waals surface area (Å²) in [6.07, 6.45) is 3.09. The minimum atomic E-state index is -0.309. The van der Waals surface area contributed by atoms with Crippen molar-refractivity contribution in [3.05, 3.63) is 58.6 Å². The Labute approximate surface area is 174 Å². The van der Waals surface area contributed by atoms with Gasteiger partial charge in [-0.05, 0) is 73.9 Å². The van der Waals surface area contributed by atoms with Gasteiger partial charge in [0.25, 0.3) is 5.91 Å². The lowest BCUT2D eigenvalue weighted by Gasteiger charge is -2.19. The molecule has 148 valence electrons. The lowest BCUT2D eigenvalue weighted by atomic mass is 9.81. The van der Waals surface area contributed by atoms with Crippen molar-refractivity contribution in [2.75, 3.05) is 10.2 Å². The van der Waals surface area contributed by atoms with Crippen molar-refractivity contribution in [1.29, 1.82) is 0 Å². The fourth-order valence-electron chi connectivity index (χ4n) is 5.39. The Balaban J connectivity index is 1.42. The first kappa shape index (κ1) is 18.4. The number of anilines is 2. The molecule has 2 bridgehead atoms. The highest BCUT2D eigenvalue weighted by atomic mass is 35.5. The molecule has 0 radical (unpaired) electrons. The van der Waals surface area contributed by atoms with Crippen LogP contribution in [0.4, 0.5) is 11.4 Å². The van der Waals surface area contributed by atoms with Crippen molar-refractivity contribution < 1.29 is 14.4 Å². The van der Waals surface area contributed by atoms with Gasteiger partial charge in [0.05, 0.1) is 17.5 Å². The lowest BCUT2D eigenvalue weighted by molar-refractivity contribution is -0.123. The minimum absolute atomic E-state index is 0.101. The van der Waals surface area contributed by atoms with Crippen LogP contribution in [0.5, 0.6) is 0 Å². The SMILES string of the molecule is Cc1c(Cl)cccc1NC(=O)c1cccc(N2C(=O)C3C4CCC(C4)C3C2=O)c1. The number of fused-ring (bicyclic) bond motifs is 5. The third-order valence-corrected chi connectivity index (χ3v) is 7.22. The van der Waals surface area contributed by atoms with Gasteiger partial charge in [0.1, 0.15) is 0 Å². The second-order valence-corrected chi connectivity index (χ2v) is 8.72. The molecule has 29 heavy (non-hydrogen) atoms. The van der Waals surface area contributed by atoms with Crippen molar-refractivity contribution in [3.8, 4) is 0 Å². The van der Waals surface area contributed by atoms with E-state index >= 15 is 0 Å². The van der Waals surface area contributed by atoms with Gasteiger partial charge in [-0.25, -0.2) is 0 Å². The van der Waals surface area contributed by atoms with Crippen molar-refractivity contribution in [2.24, 2.45) is 23.7 Å². The van der Waals surface area contributed by atoms with Gasteiger partial charge < -0.3 is 5.32 Å². The van der Waals surface area contributed by atoms with Gasteiger partial charge in [-0.1, -0.05) is 23.7 Å². The highest BCUT2D eigenvalue weighted by Gasteiger charge is 2.61. The first-order valence-corrected chi connectivity index (χ1v) is 10.4. The van der Waals surface area contributed by atoms with Crippen LogP contribution in [-0.4, -0.2) is 17.7 Å². The molecule has 0 aromatic heterocycles. The molecule has 2 aromatic rings. The number of amides is 3. The molecular weight excluding hydrogens is 388 g/mol. The lowest BCUT2D eigenvalue weighted by Crippen LogP contribution is -2.33. The van der Waals surface area contributed by atoms with Gasteiger partial charge in [-0.15, -0.1) is 0 Å². The molecule has 1 heterocycles. The summed E-state index contributed by atoms with van der Waals surface area (Å²) in [5.41, 5.74) is 2.28. The Hall–Kier alpha value is -2.66. The summed E-state index contributed by atoms with van der Waals surface area (Å²) in [7, 11) is 0. The number of rotatable bonds is 3. The van der Waals surface area contributed by atoms with Crippen LogP contribution in [0.2, 0.25) is 5.02 Å². The summed E-state index contributed by atoms with van der Waals surface area (Å²) in [5.74, 6) is -0.185. The Morgan fingerprint density at radius 2 is 1.69 bits per heavy atom. The molecule has 2 saturated carbocycles. The summed E-state index contributed by atoms with van der Waals surface area (Å²) in [5, 5.41) is 3.43. The quantitative estimate of drug-likeness (QED) is 0.763. The fourth-order valence-corrected chi connectivity index (χ4v) is 5.56. The van der Waals surface area contributed by atoms with Crippen LogP contribution in [0.3, 0.4) is 0 Å². The third-order valence-electron chi connectivity index (χ3n) is 6.81. The van der Waals surface area contributed by atoms with E-state index in [0.717, 1.165) is 24.8 Å². The van der Waals surface area contributed by atoms with Gasteiger partial charge >= 0.3 is 0 Å². The molecule has 5 nitrogen and oxygen atoms in total. The van der Waals surface area contributed by atoms with Crippen molar-refractivity contribution in [2.45, 2.75) is 26.2 Å². The number of hydrogen-bond acceptors (Lipinski definition) is 3. The minimum Gasteiger partial charge on any atom is -0.322 e. The van der Waals surface area contributed by atoms with Crippen LogP contribution in [0.1, 0.15) is 35.2 Å². The van der Waals surface area contributed by atoms with Crippen molar-refractivity contribution in [1.82, 2.24) is 0 Å². The molecule has 2 aliphatic carbocycles. The largest absolute Gasteiger partial charge is 0.322 e. The predicted octanol–water partition coefficient (Wildman–Crippen LogP) is 4.44. The standard InChI is InChI=1S/C23H21ClN2O3/c1-12-17(24)6-3-7-18(12)25-21(27)15-4-2-5-16(11-15)26-22(28)19-13-8-9-14(10-13)20(19)23(26)29/h2-7,11,13-14,19-20H,8-10H2,1H3,(H,25,27). The smallest absolute Gasteiger partial charge is 0.255 e. The number of nitrogens with one attached hydrogen (secondary N) is 1. The molecular formula is C23H21ClN2O3. The molecule has 3 aliphatic rings. The highest BCUT2D eigenvalue weighted by molar-refractivity contribution is 6.31. The van der Waals surface area contributed by atoms with Crippen LogP contribution in [0.15, 0.2) is 42.5 Å². The van der Waals surface area contributed by atoms with Gasteiger partial charge in [-0.2, -0.15) is 0 Å². The zero-order valence-electron chi connectivity index (χ0n) is 16.0. The van der Waals surface area contributed by atoms with Gasteiger partial charge in [0, 0.05) is 16.3 Å². The average Bonchev–Trinajstić information content (AvgIpc) is 3.39. The molecule has 3 amide bonds. The number of imide groups is 1. The number of carbonyl (C=O) groups is 3. The van der Waals surface area contributed by atoms with E-state index in [2.05, 4.69) is 5.32 Å². The fraction of sp³-hybridized carbons (Fsp3) is 0.348. The third kappa shape index (κ3) is 2.79. The van der Waals surface area contributed by atoms with Crippen LogP contribution < -0.4 is 10.2 Å². The summed E-state index contributed by atoms with van der Waals surface area (Å²) in [4.78, 5) is 40.1. The topological polar surface area (TPSA) is 66.5 Å². The van der Waals surface area contributed by atoms with E-state index < -0.39 is 0 Å². The molecule has 6 heteroatoms. The maximum atomic E-state index is 13.0. The Morgan fingerprint density at radius 3 is 2.38 bits per heavy atom. The van der Waals surface area contributed by atoms with E-state index in [0.29, 0.717) is 33.8 Å². The van der Waals surface area contributed by atoms with Gasteiger partial charge in [0.15, 0.2) is 0 Å². The molecule has 1 aliphatic heterocycles. The molecule has 0 spiro atoms. The summed E-state index contributed by atoms with van der Waals surface area (Å²) < 4.78 is 0. The first-order chi connectivity index (χ1) is 14.0. The second kappa shape index (κ2) is 6.70. The number of hydrogen-bond donors (Lipinski definition) is 1. The maximum absolute atomic E-state index is 13.0. The Kier molecular flexibility index (Phi) is 4.24. The molecule has 3 fully saturated rings. The molecule has 1 N–H and O–H groups in total. The van der Waals surface area contributed by atoms with E-state index in [4.69, 9.17) is 11.6 Å². The molecule has 4 unspecified atom stereocenters. The maximum Gasteiger partial charge on any atom is 0.255 e. The van der Waals surface area contributed by atoms with Crippen molar-refractivity contribution in [3.63, 3.8) is 0 Å². The Morgan fingerprint density at radius 1 is 1.03 bits per heavy atom. The summed E-state index contributed by atoms with van der Waals surface area (Å²) >= 11 is 6.13. The summed E-state index contributed by atoms with van der Waals surface area (Å²) in [6.45, 7) is 1.84. The number of halogens is 1. The predicted molar refractivity (Wildman–Crippen MR) is 111 cm³/mol. The average molecular weight is 409 g/mol. The highest BCUT2D eigenvalue weighted by Crippen LogP contribution is 2.56. The van der Waals surface area contributed by atoms with Gasteiger partial charge in [-0.3, -0.25) is 19.3 Å². The first-order valence-electron chi connectivity index (χ1n) is 10.00. The second-order valence-electron chi connectivity index (χ2n) is 8.31. The van der Waals surface area contributed by atoms with Gasteiger partial charge in [0.2, 0.25) is 11.8 Å². The normalized spacial score (nSPS) is 27.4. The van der Waals surface area contributed by atoms with E-state index in [-0.39, 0.29) is 29.6 Å². The molecule has 1 saturated heterocycles. The zero-order chi connectivity index (χ0) is 20.3. The van der Waals surface area contributed by atoms with E-state index in [1.165, 1.54) is 4.90 Å². The molecule has 4 atom stereocenters. The van der Waals surface area contributed by atoms with Crippen LogP contribution in [0, 0.1) is 30.6 Å². The van der Waals surface area contributed by atoms with E-state index in [1.54, 1.807) is 42.5 Å². The number of benzene rings is 2. The van der Waals surface area contributed by atoms with E-state index in [9.17, 15) is 14.4 Å². The van der Waals surface area contributed by atoms with E-state index in [1.807, 2.05) is 6.92 Å². The monoisotopic (exact) mass is 408 g/mol. The summed E-state index contributed by atoms with van der Waals surface area (Å²) in [6, 6.07) is 12.0. The molecule has 5 rings (SSSR count). The number of carbonyl (C=O) groups excluding carboxylic acids is 3. The van der Waals surface area contributed by atoms with Crippen molar-refractivity contribution >= 4 is 40.7 Å². The Bertz CT molecular complexity index is 1020. The van der Waals surface area contributed by atoms with Crippen LogP contribution in [-0.2, 0) is 9.59 Å².